The van der Waals surface area contributed by atoms with Crippen LogP contribution in [0.25, 0.3) is 0 Å². The number of rotatable bonds is 7. The summed E-state index contributed by atoms with van der Waals surface area (Å²) >= 11 is 0. The van der Waals surface area contributed by atoms with Gasteiger partial charge in [0.05, 0.1) is 5.69 Å². The number of benzene rings is 1. The number of nitrogens with zero attached hydrogens (tertiary/aromatic N) is 2. The number of aryl methyl sites for hydroxylation is 1. The van der Waals surface area contributed by atoms with E-state index in [1.165, 1.54) is 12.3 Å². The summed E-state index contributed by atoms with van der Waals surface area (Å²) in [6, 6.07) is 6.65. The molecule has 6 heteroatoms. The van der Waals surface area contributed by atoms with Gasteiger partial charge in [-0.1, -0.05) is 11.2 Å². The molecule has 22 heavy (non-hydrogen) atoms. The third kappa shape index (κ3) is 4.96. The van der Waals surface area contributed by atoms with Crippen LogP contribution in [0.2, 0.25) is 0 Å². The topological polar surface area (TPSA) is 58.4 Å². The van der Waals surface area contributed by atoms with Crippen LogP contribution < -0.4 is 5.32 Å². The Hall–Kier alpha value is -2.21. The van der Waals surface area contributed by atoms with E-state index < -0.39 is 0 Å². The van der Waals surface area contributed by atoms with Crippen molar-refractivity contribution in [1.29, 1.82) is 0 Å². The van der Waals surface area contributed by atoms with Crippen LogP contribution in [0, 0.1) is 5.82 Å². The van der Waals surface area contributed by atoms with Gasteiger partial charge < -0.3 is 14.7 Å². The molecular weight excluding hydrogens is 285 g/mol. The minimum absolute atomic E-state index is 0.0681. The number of aromatic nitrogens is 1. The summed E-state index contributed by atoms with van der Waals surface area (Å²) in [5.41, 5.74) is 2.26. The van der Waals surface area contributed by atoms with Gasteiger partial charge in [0.1, 0.15) is 12.1 Å². The summed E-state index contributed by atoms with van der Waals surface area (Å²) in [6.45, 7) is 0.915. The van der Waals surface area contributed by atoms with Gasteiger partial charge in [-0.2, -0.15) is 0 Å². The number of hydrogen-bond donors (Lipinski definition) is 1. The molecule has 1 N–H and O–H groups in total. The van der Waals surface area contributed by atoms with Crippen LogP contribution in [0.4, 0.5) is 4.39 Å². The van der Waals surface area contributed by atoms with E-state index in [2.05, 4.69) is 10.5 Å². The van der Waals surface area contributed by atoms with Crippen molar-refractivity contribution >= 4 is 5.91 Å². The maximum atomic E-state index is 13.7. The van der Waals surface area contributed by atoms with E-state index >= 15 is 0 Å². The molecule has 0 saturated heterocycles. The average Bonchev–Trinajstić information content (AvgIpc) is 2.98. The summed E-state index contributed by atoms with van der Waals surface area (Å²) in [6.07, 6.45) is 2.37. The first-order valence-electron chi connectivity index (χ1n) is 7.12. The lowest BCUT2D eigenvalue weighted by Crippen LogP contribution is -2.23. The predicted octanol–water partition coefficient (Wildman–Crippen LogP) is 2.12. The fourth-order valence-corrected chi connectivity index (χ4v) is 2.10. The highest BCUT2D eigenvalue weighted by Gasteiger charge is 2.07. The van der Waals surface area contributed by atoms with Gasteiger partial charge in [-0.3, -0.25) is 4.79 Å². The molecular formula is C16H20FN3O2. The Bertz CT molecular complexity index is 612. The van der Waals surface area contributed by atoms with Crippen LogP contribution in [0.5, 0.6) is 0 Å². The van der Waals surface area contributed by atoms with Gasteiger partial charge >= 0.3 is 0 Å². The van der Waals surface area contributed by atoms with Crippen LogP contribution >= 0.6 is 0 Å². The van der Waals surface area contributed by atoms with E-state index in [0.29, 0.717) is 31.5 Å². The Morgan fingerprint density at radius 2 is 2.18 bits per heavy atom. The van der Waals surface area contributed by atoms with Crippen LogP contribution in [0.3, 0.4) is 0 Å². The molecule has 0 aliphatic heterocycles. The van der Waals surface area contributed by atoms with Crippen molar-refractivity contribution in [2.45, 2.75) is 25.9 Å². The normalized spacial score (nSPS) is 10.9. The first-order valence-corrected chi connectivity index (χ1v) is 7.12. The minimum Gasteiger partial charge on any atom is -0.365 e. The standard InChI is InChI=1S/C16H20FN3O2/c1-20(2)11-13-9-12(3-5-15(13)17)10-18-16(21)6-4-14-7-8-22-19-14/h3,5,7-9H,4,6,10-11H2,1-2H3,(H,18,21). The molecule has 0 saturated carbocycles. The second-order valence-electron chi connectivity index (χ2n) is 5.43. The highest BCUT2D eigenvalue weighted by molar-refractivity contribution is 5.76. The molecule has 0 atom stereocenters. The zero-order chi connectivity index (χ0) is 15.9. The molecule has 0 aliphatic carbocycles. The van der Waals surface area contributed by atoms with E-state index in [0.717, 1.165) is 11.3 Å². The van der Waals surface area contributed by atoms with Crippen molar-refractivity contribution in [2.24, 2.45) is 0 Å². The highest BCUT2D eigenvalue weighted by Crippen LogP contribution is 2.12. The van der Waals surface area contributed by atoms with Gasteiger partial charge in [0.2, 0.25) is 5.91 Å². The SMILES string of the molecule is CN(C)Cc1cc(CNC(=O)CCc2ccon2)ccc1F. The molecule has 1 aromatic carbocycles. The highest BCUT2D eigenvalue weighted by atomic mass is 19.1. The molecule has 5 nitrogen and oxygen atoms in total. The van der Waals surface area contributed by atoms with Crippen molar-refractivity contribution in [1.82, 2.24) is 15.4 Å². The van der Waals surface area contributed by atoms with Crippen LogP contribution in [0.1, 0.15) is 23.2 Å². The zero-order valence-electron chi connectivity index (χ0n) is 12.8. The Morgan fingerprint density at radius 1 is 1.36 bits per heavy atom. The maximum Gasteiger partial charge on any atom is 0.220 e. The zero-order valence-corrected chi connectivity index (χ0v) is 12.8. The fourth-order valence-electron chi connectivity index (χ4n) is 2.10. The van der Waals surface area contributed by atoms with Crippen molar-refractivity contribution in [3.63, 3.8) is 0 Å². The molecule has 0 radical (unpaired) electrons. The number of nitrogens with one attached hydrogen (secondary N) is 1. The van der Waals surface area contributed by atoms with E-state index in [-0.39, 0.29) is 11.7 Å². The van der Waals surface area contributed by atoms with Gasteiger partial charge in [-0.25, -0.2) is 4.39 Å². The molecule has 2 rings (SSSR count). The Kier molecular flexibility index (Phi) is 5.66. The van der Waals surface area contributed by atoms with Gasteiger partial charge in [0.15, 0.2) is 0 Å². The monoisotopic (exact) mass is 305 g/mol. The number of hydrogen-bond acceptors (Lipinski definition) is 4. The lowest BCUT2D eigenvalue weighted by atomic mass is 10.1. The fraction of sp³-hybridized carbons (Fsp3) is 0.375. The molecule has 1 heterocycles. The van der Waals surface area contributed by atoms with E-state index in [1.54, 1.807) is 18.2 Å². The summed E-state index contributed by atoms with van der Waals surface area (Å²) in [7, 11) is 3.77. The largest absolute Gasteiger partial charge is 0.365 e. The smallest absolute Gasteiger partial charge is 0.220 e. The molecule has 0 bridgehead atoms. The molecule has 1 amide bonds. The molecule has 0 spiro atoms. The molecule has 1 aromatic heterocycles. The van der Waals surface area contributed by atoms with E-state index in [4.69, 9.17) is 4.52 Å². The Morgan fingerprint density at radius 3 is 2.86 bits per heavy atom. The second kappa shape index (κ2) is 7.70. The number of halogens is 1. The van der Waals surface area contributed by atoms with Crippen molar-refractivity contribution in [3.05, 3.63) is 53.2 Å². The predicted molar refractivity (Wildman–Crippen MR) is 80.5 cm³/mol. The Labute approximate surface area is 129 Å². The molecule has 0 unspecified atom stereocenters. The summed E-state index contributed by atoms with van der Waals surface area (Å²) in [4.78, 5) is 13.7. The average molecular weight is 305 g/mol. The van der Waals surface area contributed by atoms with Crippen molar-refractivity contribution in [2.75, 3.05) is 14.1 Å². The van der Waals surface area contributed by atoms with Gasteiger partial charge in [0.25, 0.3) is 0 Å². The van der Waals surface area contributed by atoms with Gasteiger partial charge in [0, 0.05) is 37.6 Å². The van der Waals surface area contributed by atoms with Crippen molar-refractivity contribution < 1.29 is 13.7 Å². The third-order valence-electron chi connectivity index (χ3n) is 3.19. The number of carbonyl (C=O) groups is 1. The summed E-state index contributed by atoms with van der Waals surface area (Å²) in [5.74, 6) is -0.295. The quantitative estimate of drug-likeness (QED) is 0.851. The first-order chi connectivity index (χ1) is 10.5. The Balaban J connectivity index is 1.84. The lowest BCUT2D eigenvalue weighted by molar-refractivity contribution is -0.121. The molecule has 0 fully saturated rings. The van der Waals surface area contributed by atoms with Gasteiger partial charge in [-0.15, -0.1) is 0 Å². The number of carbonyl (C=O) groups excluding carboxylic acids is 1. The van der Waals surface area contributed by atoms with E-state index in [1.807, 2.05) is 19.0 Å². The minimum atomic E-state index is -0.227. The van der Waals surface area contributed by atoms with Gasteiger partial charge in [-0.05, 0) is 31.8 Å². The third-order valence-corrected chi connectivity index (χ3v) is 3.19. The first kappa shape index (κ1) is 16.2. The van der Waals surface area contributed by atoms with Crippen LogP contribution in [-0.4, -0.2) is 30.1 Å². The second-order valence-corrected chi connectivity index (χ2v) is 5.43. The van der Waals surface area contributed by atoms with Crippen LogP contribution in [0.15, 0.2) is 35.1 Å². The molecule has 0 aliphatic rings. The van der Waals surface area contributed by atoms with E-state index in [9.17, 15) is 9.18 Å². The summed E-state index contributed by atoms with van der Waals surface area (Å²) in [5, 5.41) is 6.58. The summed E-state index contributed by atoms with van der Waals surface area (Å²) < 4.78 is 18.4. The molecule has 2 aromatic rings. The van der Waals surface area contributed by atoms with Crippen molar-refractivity contribution in [3.8, 4) is 0 Å². The number of amides is 1. The van der Waals surface area contributed by atoms with Crippen LogP contribution in [-0.2, 0) is 24.3 Å². The lowest BCUT2D eigenvalue weighted by Gasteiger charge is -2.12. The molecule has 118 valence electrons. The maximum absolute atomic E-state index is 13.7.